The first kappa shape index (κ1) is 11.9. The second kappa shape index (κ2) is 4.50. The summed E-state index contributed by atoms with van der Waals surface area (Å²) in [7, 11) is 0. The molecule has 0 spiro atoms. The van der Waals surface area contributed by atoms with Gasteiger partial charge in [-0.1, -0.05) is 12.1 Å². The van der Waals surface area contributed by atoms with Crippen molar-refractivity contribution in [1.82, 2.24) is 4.90 Å². The first-order chi connectivity index (χ1) is 8.68. The molecule has 2 aliphatic rings. The lowest BCUT2D eigenvalue weighted by Gasteiger charge is -2.29. The van der Waals surface area contributed by atoms with E-state index in [0.717, 1.165) is 24.3 Å². The molecule has 3 nitrogen and oxygen atoms in total. The molecule has 0 aliphatic carbocycles. The van der Waals surface area contributed by atoms with Crippen molar-refractivity contribution in [2.75, 3.05) is 18.0 Å². The Hall–Kier alpha value is -1.16. The van der Waals surface area contributed by atoms with Crippen LogP contribution in [-0.2, 0) is 0 Å². The quantitative estimate of drug-likeness (QED) is 0.786. The van der Waals surface area contributed by atoms with Gasteiger partial charge in [0.25, 0.3) is 5.91 Å². The Kier molecular flexibility index (Phi) is 2.98. The smallest absolute Gasteiger partial charge is 0.256 e. The Morgan fingerprint density at radius 1 is 1.39 bits per heavy atom. The van der Waals surface area contributed by atoms with Crippen LogP contribution in [0.1, 0.15) is 30.1 Å². The molecule has 0 radical (unpaired) electrons. The Balaban J connectivity index is 2.09. The van der Waals surface area contributed by atoms with Crippen molar-refractivity contribution >= 4 is 24.2 Å². The number of thiol groups is 1. The molecule has 0 aromatic heterocycles. The first-order valence-electron chi connectivity index (χ1n) is 6.53. The minimum Gasteiger partial charge on any atom is -0.366 e. The zero-order valence-corrected chi connectivity index (χ0v) is 11.4. The summed E-state index contributed by atoms with van der Waals surface area (Å²) in [6, 6.07) is 8.41. The SMILES string of the molecule is CC(S)N1CC2CCCN2c2ccccc2C1=O. The lowest BCUT2D eigenvalue weighted by atomic mass is 10.1. The van der Waals surface area contributed by atoms with Crippen molar-refractivity contribution in [3.63, 3.8) is 0 Å². The molecule has 1 fully saturated rings. The summed E-state index contributed by atoms with van der Waals surface area (Å²) in [5, 5.41) is -0.0360. The number of para-hydroxylation sites is 1. The van der Waals surface area contributed by atoms with Crippen LogP contribution in [0.25, 0.3) is 0 Å². The number of hydrogen-bond acceptors (Lipinski definition) is 3. The van der Waals surface area contributed by atoms with Gasteiger partial charge in [-0.05, 0) is 31.9 Å². The third kappa shape index (κ3) is 1.79. The lowest BCUT2D eigenvalue weighted by molar-refractivity contribution is 0.0746. The van der Waals surface area contributed by atoms with E-state index in [9.17, 15) is 4.79 Å². The number of amides is 1. The molecular formula is C14H18N2OS. The van der Waals surface area contributed by atoms with Gasteiger partial charge in [0.15, 0.2) is 0 Å². The number of nitrogens with zero attached hydrogens (tertiary/aromatic N) is 2. The van der Waals surface area contributed by atoms with E-state index in [0.29, 0.717) is 6.04 Å². The van der Waals surface area contributed by atoms with Gasteiger partial charge in [0, 0.05) is 24.8 Å². The minimum atomic E-state index is -0.0360. The number of rotatable bonds is 1. The average molecular weight is 262 g/mol. The maximum atomic E-state index is 12.6. The number of anilines is 1. The molecule has 3 rings (SSSR count). The monoisotopic (exact) mass is 262 g/mol. The van der Waals surface area contributed by atoms with Crippen molar-refractivity contribution in [3.8, 4) is 0 Å². The number of benzene rings is 1. The van der Waals surface area contributed by atoms with Crippen LogP contribution >= 0.6 is 12.6 Å². The zero-order valence-electron chi connectivity index (χ0n) is 10.5. The molecule has 1 amide bonds. The van der Waals surface area contributed by atoms with E-state index in [1.165, 1.54) is 12.8 Å². The number of carbonyl (C=O) groups is 1. The van der Waals surface area contributed by atoms with Crippen molar-refractivity contribution in [1.29, 1.82) is 0 Å². The van der Waals surface area contributed by atoms with E-state index in [1.807, 2.05) is 30.0 Å². The maximum Gasteiger partial charge on any atom is 0.256 e. The summed E-state index contributed by atoms with van der Waals surface area (Å²) in [5.41, 5.74) is 1.92. The van der Waals surface area contributed by atoms with Gasteiger partial charge in [-0.15, -0.1) is 0 Å². The molecule has 1 aromatic carbocycles. The van der Waals surface area contributed by atoms with Crippen LogP contribution in [0.4, 0.5) is 5.69 Å². The molecule has 2 heterocycles. The molecule has 4 heteroatoms. The summed E-state index contributed by atoms with van der Waals surface area (Å²) in [6.45, 7) is 3.82. The molecule has 96 valence electrons. The number of hydrogen-bond donors (Lipinski definition) is 1. The first-order valence-corrected chi connectivity index (χ1v) is 7.05. The average Bonchev–Trinajstić information content (AvgIpc) is 2.78. The predicted molar refractivity (Wildman–Crippen MR) is 76.3 cm³/mol. The topological polar surface area (TPSA) is 23.6 Å². The van der Waals surface area contributed by atoms with Crippen LogP contribution in [-0.4, -0.2) is 35.3 Å². The van der Waals surface area contributed by atoms with Crippen molar-refractivity contribution < 1.29 is 4.79 Å². The van der Waals surface area contributed by atoms with Crippen LogP contribution in [0, 0.1) is 0 Å². The molecule has 18 heavy (non-hydrogen) atoms. The maximum absolute atomic E-state index is 12.6. The van der Waals surface area contributed by atoms with Crippen molar-refractivity contribution in [2.24, 2.45) is 0 Å². The van der Waals surface area contributed by atoms with Gasteiger partial charge >= 0.3 is 0 Å². The fourth-order valence-electron chi connectivity index (χ4n) is 3.03. The van der Waals surface area contributed by atoms with E-state index in [-0.39, 0.29) is 11.3 Å². The summed E-state index contributed by atoms with van der Waals surface area (Å²) < 4.78 is 0. The fraction of sp³-hybridized carbons (Fsp3) is 0.500. The van der Waals surface area contributed by atoms with E-state index in [4.69, 9.17) is 0 Å². The van der Waals surface area contributed by atoms with Crippen LogP contribution in [0.3, 0.4) is 0 Å². The highest BCUT2D eigenvalue weighted by atomic mass is 32.1. The van der Waals surface area contributed by atoms with Gasteiger partial charge in [0.05, 0.1) is 10.9 Å². The highest BCUT2D eigenvalue weighted by Crippen LogP contribution is 2.33. The number of carbonyl (C=O) groups excluding carboxylic acids is 1. The second-order valence-electron chi connectivity index (χ2n) is 5.10. The van der Waals surface area contributed by atoms with Gasteiger partial charge in [-0.3, -0.25) is 4.79 Å². The van der Waals surface area contributed by atoms with Crippen LogP contribution in [0.2, 0.25) is 0 Å². The van der Waals surface area contributed by atoms with Gasteiger partial charge < -0.3 is 9.80 Å². The van der Waals surface area contributed by atoms with Crippen molar-refractivity contribution in [3.05, 3.63) is 29.8 Å². The largest absolute Gasteiger partial charge is 0.366 e. The van der Waals surface area contributed by atoms with E-state index in [1.54, 1.807) is 0 Å². The third-order valence-electron chi connectivity index (χ3n) is 3.94. The minimum absolute atomic E-state index is 0.0360. The Morgan fingerprint density at radius 3 is 2.94 bits per heavy atom. The molecule has 1 aromatic rings. The molecule has 2 aliphatic heterocycles. The van der Waals surface area contributed by atoms with Crippen LogP contribution < -0.4 is 4.90 Å². The van der Waals surface area contributed by atoms with Crippen LogP contribution in [0.15, 0.2) is 24.3 Å². The van der Waals surface area contributed by atoms with Gasteiger partial charge in [-0.25, -0.2) is 0 Å². The summed E-state index contributed by atoms with van der Waals surface area (Å²) in [4.78, 5) is 16.8. The van der Waals surface area contributed by atoms with E-state index < -0.39 is 0 Å². The third-order valence-corrected chi connectivity index (χ3v) is 4.22. The molecular weight excluding hydrogens is 244 g/mol. The normalized spacial score (nSPS) is 24.6. The highest BCUT2D eigenvalue weighted by Gasteiger charge is 2.35. The van der Waals surface area contributed by atoms with E-state index in [2.05, 4.69) is 23.6 Å². The molecule has 1 saturated heterocycles. The molecule has 2 unspecified atom stereocenters. The standard InChI is InChI=1S/C14H18N2OS/c1-10(18)16-9-11-5-4-8-15(11)13-7-3-2-6-12(13)14(16)17/h2-3,6-7,10-11,18H,4-5,8-9H2,1H3. The summed E-state index contributed by atoms with van der Waals surface area (Å²) >= 11 is 4.46. The van der Waals surface area contributed by atoms with Crippen LogP contribution in [0.5, 0.6) is 0 Å². The predicted octanol–water partition coefficient (Wildman–Crippen LogP) is 2.39. The zero-order chi connectivity index (χ0) is 12.7. The van der Waals surface area contributed by atoms with Crippen molar-refractivity contribution in [2.45, 2.75) is 31.2 Å². The summed E-state index contributed by atoms with van der Waals surface area (Å²) in [5.74, 6) is 0.113. The van der Waals surface area contributed by atoms with Gasteiger partial charge in [0.2, 0.25) is 0 Å². The lowest BCUT2D eigenvalue weighted by Crippen LogP contribution is -2.42. The molecule has 0 saturated carbocycles. The molecule has 0 bridgehead atoms. The van der Waals surface area contributed by atoms with Gasteiger partial charge in [-0.2, -0.15) is 12.6 Å². The second-order valence-corrected chi connectivity index (χ2v) is 5.84. The van der Waals surface area contributed by atoms with Gasteiger partial charge in [0.1, 0.15) is 0 Å². The number of fused-ring (bicyclic) bond motifs is 3. The highest BCUT2D eigenvalue weighted by molar-refractivity contribution is 7.80. The Morgan fingerprint density at radius 2 is 2.17 bits per heavy atom. The van der Waals surface area contributed by atoms with E-state index >= 15 is 0 Å². The Labute approximate surface area is 113 Å². The molecule has 0 N–H and O–H groups in total. The fourth-order valence-corrected chi connectivity index (χ4v) is 3.23. The molecule has 2 atom stereocenters. The Bertz CT molecular complexity index is 475. The summed E-state index contributed by atoms with van der Waals surface area (Å²) in [6.07, 6.45) is 2.38.